The smallest absolute Gasteiger partial charge is 0.272 e. The van der Waals surface area contributed by atoms with Crippen LogP contribution in [0.3, 0.4) is 0 Å². The number of carbonyl (C=O) groups excluding carboxylic acids is 2. The predicted octanol–water partition coefficient (Wildman–Crippen LogP) is 4.31. The Hall–Kier alpha value is -3.54. The molecule has 184 valence electrons. The molecule has 2 aliphatic rings. The number of rotatable bonds is 4. The number of nitrogens with zero attached hydrogens (tertiary/aromatic N) is 5. The minimum atomic E-state index is -0.172. The van der Waals surface area contributed by atoms with E-state index in [0.717, 1.165) is 16.8 Å². The van der Waals surface area contributed by atoms with Crippen molar-refractivity contribution in [3.05, 3.63) is 80.1 Å². The Kier molecular flexibility index (Phi) is 6.37. The third-order valence-corrected chi connectivity index (χ3v) is 7.48. The van der Waals surface area contributed by atoms with Gasteiger partial charge in [-0.1, -0.05) is 29.3 Å². The number of methoxy groups -OCH3 is 1. The highest BCUT2D eigenvalue weighted by molar-refractivity contribution is 6.42. The lowest BCUT2D eigenvalue weighted by Gasteiger charge is -2.34. The summed E-state index contributed by atoms with van der Waals surface area (Å²) in [6.07, 6.45) is 0.555. The van der Waals surface area contributed by atoms with E-state index < -0.39 is 0 Å². The molecule has 3 heterocycles. The standard InChI is InChI=1S/C26H23Cl2N5O3/c1-15-9-22-19(14-32(15)25(34)17-4-5-20(27)21(28)11-17)24-26(35)31(7-8-33(24)30-22)13-16-3-6-23(36-2)18(10-16)12-29/h3-6,10-11,15H,7-9,13-14H2,1-2H3/t15-/m1/s1. The van der Waals surface area contributed by atoms with E-state index in [9.17, 15) is 14.9 Å². The molecule has 1 atom stereocenters. The predicted molar refractivity (Wildman–Crippen MR) is 134 cm³/mol. The summed E-state index contributed by atoms with van der Waals surface area (Å²) in [6.45, 7) is 3.68. The van der Waals surface area contributed by atoms with Gasteiger partial charge < -0.3 is 14.5 Å². The first kappa shape index (κ1) is 24.2. The monoisotopic (exact) mass is 523 g/mol. The molecule has 0 N–H and O–H groups in total. The highest BCUT2D eigenvalue weighted by Gasteiger charge is 2.37. The van der Waals surface area contributed by atoms with E-state index in [-0.39, 0.29) is 24.4 Å². The first-order valence-electron chi connectivity index (χ1n) is 11.5. The van der Waals surface area contributed by atoms with E-state index in [1.54, 1.807) is 44.8 Å². The molecular weight excluding hydrogens is 501 g/mol. The van der Waals surface area contributed by atoms with E-state index >= 15 is 0 Å². The van der Waals surface area contributed by atoms with E-state index in [1.807, 2.05) is 13.0 Å². The van der Waals surface area contributed by atoms with Gasteiger partial charge in [-0.05, 0) is 42.8 Å². The Bertz CT molecular complexity index is 1430. The largest absolute Gasteiger partial charge is 0.495 e. The highest BCUT2D eigenvalue weighted by Crippen LogP contribution is 2.31. The number of aromatic nitrogens is 2. The van der Waals surface area contributed by atoms with E-state index in [4.69, 9.17) is 33.0 Å². The minimum Gasteiger partial charge on any atom is -0.495 e. The number of hydrogen-bond acceptors (Lipinski definition) is 5. The fraction of sp³-hybridized carbons (Fsp3) is 0.308. The van der Waals surface area contributed by atoms with Gasteiger partial charge >= 0.3 is 0 Å². The molecule has 3 aromatic rings. The van der Waals surface area contributed by atoms with Crippen molar-refractivity contribution in [2.45, 2.75) is 39.0 Å². The number of fused-ring (bicyclic) bond motifs is 3. The van der Waals surface area contributed by atoms with Crippen LogP contribution in [-0.2, 0) is 26.1 Å². The van der Waals surface area contributed by atoms with Crippen LogP contribution in [0.2, 0.25) is 10.0 Å². The Morgan fingerprint density at radius 2 is 2.00 bits per heavy atom. The van der Waals surface area contributed by atoms with Crippen LogP contribution in [0.4, 0.5) is 0 Å². The summed E-state index contributed by atoms with van der Waals surface area (Å²) < 4.78 is 6.98. The van der Waals surface area contributed by atoms with Gasteiger partial charge in [-0.3, -0.25) is 14.3 Å². The van der Waals surface area contributed by atoms with Crippen molar-refractivity contribution in [3.8, 4) is 11.8 Å². The van der Waals surface area contributed by atoms with Crippen molar-refractivity contribution in [3.63, 3.8) is 0 Å². The fourth-order valence-corrected chi connectivity index (χ4v) is 5.14. The second-order valence-electron chi connectivity index (χ2n) is 8.99. The molecule has 2 aromatic carbocycles. The van der Waals surface area contributed by atoms with Gasteiger partial charge in [0.15, 0.2) is 0 Å². The van der Waals surface area contributed by atoms with Gasteiger partial charge in [0.1, 0.15) is 17.5 Å². The number of hydrogen-bond donors (Lipinski definition) is 0. The summed E-state index contributed by atoms with van der Waals surface area (Å²) in [5.41, 5.74) is 3.86. The average molecular weight is 524 g/mol. The Morgan fingerprint density at radius 1 is 1.19 bits per heavy atom. The Balaban J connectivity index is 1.41. The van der Waals surface area contributed by atoms with E-state index in [1.165, 1.54) is 7.11 Å². The molecule has 36 heavy (non-hydrogen) atoms. The molecule has 0 spiro atoms. The Labute approximate surface area is 218 Å². The molecule has 2 amide bonds. The van der Waals surface area contributed by atoms with E-state index in [2.05, 4.69) is 6.07 Å². The van der Waals surface area contributed by atoms with Crippen molar-refractivity contribution in [2.75, 3.05) is 13.7 Å². The first-order valence-corrected chi connectivity index (χ1v) is 12.3. The van der Waals surface area contributed by atoms with Gasteiger partial charge in [0.25, 0.3) is 11.8 Å². The molecule has 1 aromatic heterocycles. The molecule has 8 nitrogen and oxygen atoms in total. The summed E-state index contributed by atoms with van der Waals surface area (Å²) in [5.74, 6) is 0.189. The zero-order valence-electron chi connectivity index (χ0n) is 19.8. The van der Waals surface area contributed by atoms with Gasteiger partial charge in [-0.25, -0.2) is 0 Å². The second kappa shape index (κ2) is 9.49. The van der Waals surface area contributed by atoms with Crippen LogP contribution in [-0.4, -0.2) is 51.1 Å². The number of carbonyl (C=O) groups is 2. The summed E-state index contributed by atoms with van der Waals surface area (Å²) >= 11 is 12.2. The molecule has 2 aliphatic heterocycles. The lowest BCUT2D eigenvalue weighted by atomic mass is 9.97. The van der Waals surface area contributed by atoms with E-state index in [0.29, 0.717) is 58.7 Å². The summed E-state index contributed by atoms with van der Waals surface area (Å²) in [7, 11) is 1.52. The number of amides is 2. The highest BCUT2D eigenvalue weighted by atomic mass is 35.5. The molecule has 0 radical (unpaired) electrons. The summed E-state index contributed by atoms with van der Waals surface area (Å²) in [4.78, 5) is 30.4. The number of nitriles is 1. The van der Waals surface area contributed by atoms with Crippen molar-refractivity contribution in [1.82, 2.24) is 19.6 Å². The molecule has 0 bridgehead atoms. The van der Waals surface area contributed by atoms with Crippen LogP contribution in [0.5, 0.6) is 5.75 Å². The summed E-state index contributed by atoms with van der Waals surface area (Å²) in [6, 6.07) is 12.2. The molecule has 0 saturated heterocycles. The van der Waals surface area contributed by atoms with Crippen LogP contribution < -0.4 is 4.74 Å². The summed E-state index contributed by atoms with van der Waals surface area (Å²) in [5, 5.41) is 14.8. The zero-order chi connectivity index (χ0) is 25.6. The average Bonchev–Trinajstić information content (AvgIpc) is 3.24. The van der Waals surface area contributed by atoms with Gasteiger partial charge in [0, 0.05) is 36.7 Å². The first-order chi connectivity index (χ1) is 17.3. The third-order valence-electron chi connectivity index (χ3n) is 6.74. The topological polar surface area (TPSA) is 91.5 Å². The normalized spacial score (nSPS) is 16.9. The van der Waals surface area contributed by atoms with Crippen molar-refractivity contribution in [2.24, 2.45) is 0 Å². The number of benzene rings is 2. The zero-order valence-corrected chi connectivity index (χ0v) is 21.3. The lowest BCUT2D eigenvalue weighted by Crippen LogP contribution is -2.44. The number of halogens is 2. The molecule has 0 unspecified atom stereocenters. The Morgan fingerprint density at radius 3 is 2.72 bits per heavy atom. The molecule has 10 heteroatoms. The quantitative estimate of drug-likeness (QED) is 0.507. The van der Waals surface area contributed by atoms with Crippen molar-refractivity contribution < 1.29 is 14.3 Å². The van der Waals surface area contributed by atoms with Crippen molar-refractivity contribution in [1.29, 1.82) is 5.26 Å². The van der Waals surface area contributed by atoms with Crippen LogP contribution in [0.1, 0.15) is 50.2 Å². The maximum absolute atomic E-state index is 13.6. The lowest BCUT2D eigenvalue weighted by molar-refractivity contribution is 0.0637. The van der Waals surface area contributed by atoms with Gasteiger partial charge in [0.05, 0.1) is 41.5 Å². The van der Waals surface area contributed by atoms with Gasteiger partial charge in [-0.15, -0.1) is 0 Å². The van der Waals surface area contributed by atoms with Gasteiger partial charge in [-0.2, -0.15) is 10.4 Å². The SMILES string of the molecule is COc1ccc(CN2CCn3nc4c(c3C2=O)CN(C(=O)c2ccc(Cl)c(Cl)c2)[C@H](C)C4)cc1C#N. The minimum absolute atomic E-state index is 0.0914. The molecule has 0 fully saturated rings. The maximum Gasteiger partial charge on any atom is 0.272 e. The number of ether oxygens (including phenoxy) is 1. The van der Waals surface area contributed by atoms with Crippen LogP contribution in [0.15, 0.2) is 36.4 Å². The van der Waals surface area contributed by atoms with Crippen LogP contribution in [0.25, 0.3) is 0 Å². The fourth-order valence-electron chi connectivity index (χ4n) is 4.84. The van der Waals surface area contributed by atoms with Crippen LogP contribution in [0, 0.1) is 11.3 Å². The van der Waals surface area contributed by atoms with Crippen LogP contribution >= 0.6 is 23.2 Å². The molecule has 0 saturated carbocycles. The molecular formula is C26H23Cl2N5O3. The van der Waals surface area contributed by atoms with Crippen molar-refractivity contribution >= 4 is 35.0 Å². The molecule has 0 aliphatic carbocycles. The maximum atomic E-state index is 13.6. The third kappa shape index (κ3) is 4.19. The molecule has 5 rings (SSSR count). The second-order valence-corrected chi connectivity index (χ2v) is 9.80. The van der Waals surface area contributed by atoms with Gasteiger partial charge in [0.2, 0.25) is 0 Å².